The number of para-hydroxylation sites is 1. The number of esters is 1. The molecule has 3 heteroatoms. The fourth-order valence-corrected chi connectivity index (χ4v) is 1.84. The molecule has 1 N–H and O–H groups in total. The van der Waals surface area contributed by atoms with Crippen LogP contribution in [0.2, 0.25) is 0 Å². The van der Waals surface area contributed by atoms with Crippen molar-refractivity contribution in [1.82, 2.24) is 0 Å². The lowest BCUT2D eigenvalue weighted by Gasteiger charge is -2.19. The molecule has 0 saturated heterocycles. The molecule has 0 aromatic heterocycles. The normalized spacial score (nSPS) is 19.6. The Morgan fingerprint density at radius 3 is 2.71 bits per heavy atom. The number of hydrogen-bond donors (Lipinski definition) is 1. The topological polar surface area (TPSA) is 38.3 Å². The lowest BCUT2D eigenvalue weighted by molar-refractivity contribution is -0.151. The number of fused-ring (bicyclic) bond motifs is 1. The van der Waals surface area contributed by atoms with E-state index in [1.165, 1.54) is 5.56 Å². The molecule has 1 aliphatic rings. The second-order valence-corrected chi connectivity index (χ2v) is 4.94. The molecule has 1 aromatic rings. The minimum atomic E-state index is -0.228. The summed E-state index contributed by atoms with van der Waals surface area (Å²) in [5.74, 6) is 0.199. The fraction of sp³-hybridized carbons (Fsp3) is 0.500. The molecule has 17 heavy (non-hydrogen) atoms. The van der Waals surface area contributed by atoms with Crippen LogP contribution in [0.5, 0.6) is 0 Å². The summed E-state index contributed by atoms with van der Waals surface area (Å²) in [5.41, 5.74) is 2.23. The van der Waals surface area contributed by atoms with Gasteiger partial charge in [-0.3, -0.25) is 0 Å². The number of carbonyl (C=O) groups is 1. The third-order valence-electron chi connectivity index (χ3n) is 3.30. The van der Waals surface area contributed by atoms with Crippen molar-refractivity contribution in [2.45, 2.75) is 39.3 Å². The zero-order valence-corrected chi connectivity index (χ0v) is 10.6. The predicted molar refractivity (Wildman–Crippen MR) is 67.9 cm³/mol. The van der Waals surface area contributed by atoms with Crippen LogP contribution in [0, 0.1) is 5.92 Å². The van der Waals surface area contributed by atoms with Crippen molar-refractivity contribution in [3.8, 4) is 0 Å². The summed E-state index contributed by atoms with van der Waals surface area (Å²) in [6.07, 6.45) is 0.688. The Hall–Kier alpha value is -1.51. The van der Waals surface area contributed by atoms with E-state index in [9.17, 15) is 4.79 Å². The summed E-state index contributed by atoms with van der Waals surface area (Å²) in [7, 11) is 0. The van der Waals surface area contributed by atoms with Crippen molar-refractivity contribution in [2.24, 2.45) is 5.92 Å². The maximum absolute atomic E-state index is 11.9. The molecule has 0 spiro atoms. The molecule has 3 nitrogen and oxygen atoms in total. The van der Waals surface area contributed by atoms with Crippen LogP contribution in [-0.4, -0.2) is 18.1 Å². The molecule has 0 amide bonds. The highest BCUT2D eigenvalue weighted by molar-refractivity contribution is 5.83. The zero-order chi connectivity index (χ0) is 12.4. The number of hydrogen-bond acceptors (Lipinski definition) is 3. The van der Waals surface area contributed by atoms with Crippen LogP contribution in [0.3, 0.4) is 0 Å². The molecule has 1 aliphatic heterocycles. The summed E-state index contributed by atoms with van der Waals surface area (Å²) >= 11 is 0. The van der Waals surface area contributed by atoms with Crippen LogP contribution >= 0.6 is 0 Å². The Kier molecular flexibility index (Phi) is 3.36. The molecule has 2 atom stereocenters. The summed E-state index contributed by atoms with van der Waals surface area (Å²) in [5, 5.41) is 3.20. The summed E-state index contributed by atoms with van der Waals surface area (Å²) < 4.78 is 5.43. The van der Waals surface area contributed by atoms with E-state index in [-0.39, 0.29) is 18.1 Å². The van der Waals surface area contributed by atoms with Gasteiger partial charge in [0.15, 0.2) is 0 Å². The molecule has 0 fully saturated rings. The van der Waals surface area contributed by atoms with Crippen LogP contribution in [0.15, 0.2) is 24.3 Å². The van der Waals surface area contributed by atoms with Crippen LogP contribution in [0.1, 0.15) is 26.3 Å². The number of anilines is 1. The Morgan fingerprint density at radius 1 is 1.35 bits per heavy atom. The first kappa shape index (κ1) is 12.0. The van der Waals surface area contributed by atoms with Gasteiger partial charge < -0.3 is 10.1 Å². The molecular weight excluding hydrogens is 214 g/mol. The number of nitrogens with one attached hydrogen (secondary N) is 1. The van der Waals surface area contributed by atoms with Crippen LogP contribution in [0.4, 0.5) is 5.69 Å². The molecule has 0 aliphatic carbocycles. The first-order chi connectivity index (χ1) is 8.08. The second-order valence-electron chi connectivity index (χ2n) is 4.94. The van der Waals surface area contributed by atoms with Gasteiger partial charge in [-0.05, 0) is 24.5 Å². The number of rotatable bonds is 3. The predicted octanol–water partition coefficient (Wildman–Crippen LogP) is 2.61. The van der Waals surface area contributed by atoms with E-state index in [1.54, 1.807) is 0 Å². The van der Waals surface area contributed by atoms with Gasteiger partial charge in [-0.2, -0.15) is 0 Å². The van der Waals surface area contributed by atoms with Gasteiger partial charge in [0.25, 0.3) is 0 Å². The van der Waals surface area contributed by atoms with E-state index in [4.69, 9.17) is 4.74 Å². The Labute approximate surface area is 102 Å². The maximum Gasteiger partial charge on any atom is 0.329 e. The summed E-state index contributed by atoms with van der Waals surface area (Å²) in [4.78, 5) is 11.9. The van der Waals surface area contributed by atoms with Crippen LogP contribution in [0.25, 0.3) is 0 Å². The largest absolute Gasteiger partial charge is 0.461 e. The third kappa shape index (κ3) is 2.60. The Balaban J connectivity index is 1.97. The van der Waals surface area contributed by atoms with Crippen LogP contribution < -0.4 is 5.32 Å². The molecule has 0 radical (unpaired) electrons. The van der Waals surface area contributed by atoms with E-state index in [2.05, 4.69) is 19.2 Å². The van der Waals surface area contributed by atoms with Gasteiger partial charge in [-0.1, -0.05) is 32.0 Å². The molecular formula is C14H19NO2. The zero-order valence-electron chi connectivity index (χ0n) is 10.6. The number of ether oxygens (including phenoxy) is 1. The van der Waals surface area contributed by atoms with Crippen molar-refractivity contribution in [3.05, 3.63) is 29.8 Å². The minimum Gasteiger partial charge on any atom is -0.461 e. The highest BCUT2D eigenvalue weighted by Gasteiger charge is 2.29. The van der Waals surface area contributed by atoms with Gasteiger partial charge in [0.2, 0.25) is 0 Å². The van der Waals surface area contributed by atoms with Gasteiger partial charge in [0.05, 0.1) is 0 Å². The average molecular weight is 233 g/mol. The summed E-state index contributed by atoms with van der Waals surface area (Å²) in [6.45, 7) is 6.04. The quantitative estimate of drug-likeness (QED) is 0.816. The van der Waals surface area contributed by atoms with E-state index in [1.807, 2.05) is 31.2 Å². The highest BCUT2D eigenvalue weighted by Crippen LogP contribution is 2.26. The Bertz CT molecular complexity index is 389. The van der Waals surface area contributed by atoms with Crippen molar-refractivity contribution in [3.63, 3.8) is 0 Å². The van der Waals surface area contributed by atoms with Gasteiger partial charge >= 0.3 is 5.97 Å². The minimum absolute atomic E-state index is 0.0342. The van der Waals surface area contributed by atoms with E-state index in [0.717, 1.165) is 12.1 Å². The number of carbonyl (C=O) groups excluding carboxylic acids is 1. The molecule has 0 saturated carbocycles. The standard InChI is InChI=1S/C14H19NO2/c1-9(2)10(3)17-14(16)13-8-11-6-4-5-7-12(11)15-13/h4-7,9-10,13,15H,8H2,1-3H3. The third-order valence-corrected chi connectivity index (χ3v) is 3.30. The molecule has 92 valence electrons. The van der Waals surface area contributed by atoms with Gasteiger partial charge in [0, 0.05) is 12.1 Å². The molecule has 0 bridgehead atoms. The first-order valence-electron chi connectivity index (χ1n) is 6.13. The molecule has 1 aromatic carbocycles. The molecule has 1 heterocycles. The monoisotopic (exact) mass is 233 g/mol. The Morgan fingerprint density at radius 2 is 2.06 bits per heavy atom. The number of benzene rings is 1. The molecule has 2 unspecified atom stereocenters. The van der Waals surface area contributed by atoms with Crippen LogP contribution in [-0.2, 0) is 16.0 Å². The second kappa shape index (κ2) is 4.78. The van der Waals surface area contributed by atoms with Crippen molar-refractivity contribution in [2.75, 3.05) is 5.32 Å². The van der Waals surface area contributed by atoms with E-state index < -0.39 is 0 Å². The van der Waals surface area contributed by atoms with Crippen molar-refractivity contribution in [1.29, 1.82) is 0 Å². The fourth-order valence-electron chi connectivity index (χ4n) is 1.84. The first-order valence-corrected chi connectivity index (χ1v) is 6.13. The van der Waals surface area contributed by atoms with E-state index >= 15 is 0 Å². The molecule has 2 rings (SSSR count). The average Bonchev–Trinajstić information content (AvgIpc) is 2.72. The smallest absolute Gasteiger partial charge is 0.329 e. The maximum atomic E-state index is 11.9. The highest BCUT2D eigenvalue weighted by atomic mass is 16.5. The lowest BCUT2D eigenvalue weighted by atomic mass is 10.1. The van der Waals surface area contributed by atoms with Crippen molar-refractivity contribution >= 4 is 11.7 Å². The van der Waals surface area contributed by atoms with Crippen molar-refractivity contribution < 1.29 is 9.53 Å². The summed E-state index contributed by atoms with van der Waals surface area (Å²) in [6, 6.07) is 7.77. The SMILES string of the molecule is CC(C)C(C)OC(=O)C1Cc2ccccc2N1. The van der Waals surface area contributed by atoms with Gasteiger partial charge in [-0.15, -0.1) is 0 Å². The van der Waals surface area contributed by atoms with E-state index in [0.29, 0.717) is 5.92 Å². The van der Waals surface area contributed by atoms with Gasteiger partial charge in [-0.25, -0.2) is 4.79 Å². The lowest BCUT2D eigenvalue weighted by Crippen LogP contribution is -2.33. The van der Waals surface area contributed by atoms with Gasteiger partial charge in [0.1, 0.15) is 12.1 Å².